The van der Waals surface area contributed by atoms with Crippen LogP contribution in [0.15, 0.2) is 10.5 Å². The van der Waals surface area contributed by atoms with Gasteiger partial charge in [-0.05, 0) is 61.1 Å². The first-order chi connectivity index (χ1) is 8.72. The summed E-state index contributed by atoms with van der Waals surface area (Å²) in [6, 6.07) is 2.62. The minimum absolute atomic E-state index is 0.343. The van der Waals surface area contributed by atoms with Crippen molar-refractivity contribution in [3.05, 3.63) is 20.3 Å². The van der Waals surface area contributed by atoms with Crippen LogP contribution in [0.4, 0.5) is 0 Å². The topological polar surface area (TPSA) is 21.3 Å². The predicted molar refractivity (Wildman–Crippen MR) is 81.4 cm³/mol. The maximum Gasteiger partial charge on any atom is 0.0777 e. The summed E-state index contributed by atoms with van der Waals surface area (Å²) in [6.07, 6.45) is 5.19. The normalized spacial score (nSPS) is 22.1. The van der Waals surface area contributed by atoms with Crippen LogP contribution in [0.3, 0.4) is 0 Å². The number of thiophene rings is 1. The van der Waals surface area contributed by atoms with Crippen LogP contribution in [-0.4, -0.2) is 19.3 Å². The second-order valence-corrected chi connectivity index (χ2v) is 7.03. The molecular weight excluding hydrogens is 310 g/mol. The lowest BCUT2D eigenvalue weighted by Gasteiger charge is -2.30. The summed E-state index contributed by atoms with van der Waals surface area (Å²) >= 11 is 5.50. The molecule has 2 nitrogen and oxygen atoms in total. The van der Waals surface area contributed by atoms with E-state index in [1.165, 1.54) is 33.5 Å². The fourth-order valence-corrected chi connectivity index (χ4v) is 4.07. The highest BCUT2D eigenvalue weighted by Crippen LogP contribution is 2.35. The summed E-state index contributed by atoms with van der Waals surface area (Å²) in [5.41, 5.74) is 0. The van der Waals surface area contributed by atoms with Gasteiger partial charge in [0, 0.05) is 20.8 Å². The maximum absolute atomic E-state index is 5.97. The monoisotopic (exact) mass is 331 g/mol. The Bertz CT molecular complexity index is 354. The molecule has 0 aliphatic carbocycles. The zero-order valence-corrected chi connectivity index (χ0v) is 13.6. The van der Waals surface area contributed by atoms with Crippen LogP contribution in [0.25, 0.3) is 0 Å². The molecule has 1 fully saturated rings. The smallest absolute Gasteiger partial charge is 0.0777 e. The van der Waals surface area contributed by atoms with E-state index in [9.17, 15) is 0 Å². The zero-order valence-electron chi connectivity index (χ0n) is 11.2. The van der Waals surface area contributed by atoms with Crippen molar-refractivity contribution in [3.8, 4) is 0 Å². The highest BCUT2D eigenvalue weighted by Gasteiger charge is 2.27. The van der Waals surface area contributed by atoms with Crippen LogP contribution in [0.2, 0.25) is 0 Å². The number of rotatable bonds is 5. The Morgan fingerprint density at radius 2 is 2.39 bits per heavy atom. The second kappa shape index (κ2) is 7.04. The van der Waals surface area contributed by atoms with Crippen molar-refractivity contribution in [2.75, 3.05) is 13.2 Å². The number of hydrogen-bond acceptors (Lipinski definition) is 3. The number of nitrogens with one attached hydrogen (secondary N) is 1. The van der Waals surface area contributed by atoms with Crippen LogP contribution in [0.5, 0.6) is 0 Å². The Morgan fingerprint density at radius 1 is 1.56 bits per heavy atom. The van der Waals surface area contributed by atoms with Crippen molar-refractivity contribution in [2.24, 2.45) is 0 Å². The molecule has 0 saturated carbocycles. The Hall–Kier alpha value is 0.1000. The van der Waals surface area contributed by atoms with Crippen molar-refractivity contribution in [3.63, 3.8) is 0 Å². The summed E-state index contributed by atoms with van der Waals surface area (Å²) in [4.78, 5) is 2.75. The van der Waals surface area contributed by atoms with Crippen LogP contribution in [0, 0.1) is 6.92 Å². The summed E-state index contributed by atoms with van der Waals surface area (Å²) in [7, 11) is 0. The quantitative estimate of drug-likeness (QED) is 0.861. The van der Waals surface area contributed by atoms with Gasteiger partial charge in [-0.1, -0.05) is 6.92 Å². The van der Waals surface area contributed by atoms with Gasteiger partial charge >= 0.3 is 0 Å². The third-order valence-corrected chi connectivity index (χ3v) is 5.60. The van der Waals surface area contributed by atoms with E-state index in [4.69, 9.17) is 4.74 Å². The Labute approximate surface area is 122 Å². The van der Waals surface area contributed by atoms with Gasteiger partial charge in [0.15, 0.2) is 0 Å². The molecule has 2 atom stereocenters. The third kappa shape index (κ3) is 3.56. The molecular formula is C14H22BrNOS. The van der Waals surface area contributed by atoms with Crippen molar-refractivity contribution in [1.82, 2.24) is 5.32 Å². The van der Waals surface area contributed by atoms with E-state index in [1.807, 2.05) is 11.3 Å². The largest absolute Gasteiger partial charge is 0.376 e. The molecule has 1 aromatic heterocycles. The van der Waals surface area contributed by atoms with E-state index >= 15 is 0 Å². The van der Waals surface area contributed by atoms with Gasteiger partial charge in [0.05, 0.1) is 12.1 Å². The van der Waals surface area contributed by atoms with Gasteiger partial charge in [0.2, 0.25) is 0 Å². The third-order valence-electron chi connectivity index (χ3n) is 3.38. The van der Waals surface area contributed by atoms with Crippen LogP contribution < -0.4 is 5.32 Å². The van der Waals surface area contributed by atoms with Crippen LogP contribution in [0.1, 0.15) is 48.4 Å². The lowest BCUT2D eigenvalue weighted by atomic mass is 10.0. The van der Waals surface area contributed by atoms with Crippen LogP contribution >= 0.6 is 27.3 Å². The first kappa shape index (κ1) is 14.5. The van der Waals surface area contributed by atoms with Crippen LogP contribution in [-0.2, 0) is 4.74 Å². The van der Waals surface area contributed by atoms with Gasteiger partial charge in [-0.15, -0.1) is 11.3 Å². The highest BCUT2D eigenvalue weighted by atomic mass is 79.9. The number of aryl methyl sites for hydroxylation is 1. The molecule has 0 aromatic carbocycles. The van der Waals surface area contributed by atoms with Gasteiger partial charge in [0.1, 0.15) is 0 Å². The summed E-state index contributed by atoms with van der Waals surface area (Å²) in [6.45, 7) is 6.35. The molecule has 0 spiro atoms. The molecule has 0 amide bonds. The zero-order chi connectivity index (χ0) is 13.0. The Morgan fingerprint density at radius 3 is 2.94 bits per heavy atom. The standard InChI is InChI=1S/C14H22BrNOS/c1-3-7-16-14(12-6-4-5-8-17-12)13-9-11(15)10(2)18-13/h9,12,14,16H,3-8H2,1-2H3. The first-order valence-corrected chi connectivity index (χ1v) is 8.44. The molecule has 0 bridgehead atoms. The number of halogens is 1. The molecule has 1 N–H and O–H groups in total. The summed E-state index contributed by atoms with van der Waals surface area (Å²) < 4.78 is 7.19. The van der Waals surface area contributed by atoms with Gasteiger partial charge < -0.3 is 10.1 Å². The summed E-state index contributed by atoms with van der Waals surface area (Å²) in [5, 5.41) is 3.66. The molecule has 1 aromatic rings. The number of ether oxygens (including phenoxy) is 1. The van der Waals surface area contributed by atoms with E-state index < -0.39 is 0 Å². The Kier molecular flexibility index (Phi) is 5.67. The molecule has 1 saturated heterocycles. The highest BCUT2D eigenvalue weighted by molar-refractivity contribution is 9.10. The van der Waals surface area contributed by atoms with Gasteiger partial charge in [-0.3, -0.25) is 0 Å². The first-order valence-electron chi connectivity index (χ1n) is 6.83. The van der Waals surface area contributed by atoms with Gasteiger partial charge in [-0.2, -0.15) is 0 Å². The minimum Gasteiger partial charge on any atom is -0.376 e. The minimum atomic E-state index is 0.343. The Balaban J connectivity index is 2.12. The molecule has 102 valence electrons. The predicted octanol–water partition coefficient (Wildman–Crippen LogP) is 4.43. The molecule has 1 aliphatic rings. The van der Waals surface area contributed by atoms with Gasteiger partial charge in [-0.25, -0.2) is 0 Å². The molecule has 2 heterocycles. The van der Waals surface area contributed by atoms with Gasteiger partial charge in [0.25, 0.3) is 0 Å². The SMILES string of the molecule is CCCNC(c1cc(Br)c(C)s1)C1CCCCO1. The fraction of sp³-hybridized carbons (Fsp3) is 0.714. The van der Waals surface area contributed by atoms with Crippen molar-refractivity contribution in [2.45, 2.75) is 51.7 Å². The molecule has 2 rings (SSSR count). The second-order valence-electron chi connectivity index (χ2n) is 4.89. The van der Waals surface area contributed by atoms with Crippen molar-refractivity contribution >= 4 is 27.3 Å². The number of hydrogen-bond donors (Lipinski definition) is 1. The molecule has 4 heteroatoms. The molecule has 2 unspecified atom stereocenters. The lowest BCUT2D eigenvalue weighted by molar-refractivity contribution is -0.00741. The molecule has 0 radical (unpaired) electrons. The van der Waals surface area contributed by atoms with Crippen molar-refractivity contribution < 1.29 is 4.74 Å². The molecule has 1 aliphatic heterocycles. The fourth-order valence-electron chi connectivity index (χ4n) is 2.38. The van der Waals surface area contributed by atoms with E-state index in [2.05, 4.69) is 41.2 Å². The van der Waals surface area contributed by atoms with E-state index in [1.54, 1.807) is 0 Å². The van der Waals surface area contributed by atoms with E-state index in [0.29, 0.717) is 12.1 Å². The van der Waals surface area contributed by atoms with E-state index in [-0.39, 0.29) is 0 Å². The van der Waals surface area contributed by atoms with E-state index in [0.717, 1.165) is 19.6 Å². The average Bonchev–Trinajstić information content (AvgIpc) is 2.71. The summed E-state index contributed by atoms with van der Waals surface area (Å²) in [5.74, 6) is 0. The maximum atomic E-state index is 5.97. The molecule has 18 heavy (non-hydrogen) atoms. The average molecular weight is 332 g/mol. The lowest BCUT2D eigenvalue weighted by Crippen LogP contribution is -2.35. The van der Waals surface area contributed by atoms with Crippen molar-refractivity contribution in [1.29, 1.82) is 0 Å².